The van der Waals surface area contributed by atoms with Crippen molar-refractivity contribution >= 4 is 0 Å². The summed E-state index contributed by atoms with van der Waals surface area (Å²) in [6.45, 7) is 6.90. The summed E-state index contributed by atoms with van der Waals surface area (Å²) in [7, 11) is 0. The minimum atomic E-state index is 0.519. The first-order valence-corrected chi connectivity index (χ1v) is 8.14. The maximum Gasteiger partial charge on any atom is 0.0589 e. The molecule has 1 aliphatic heterocycles. The van der Waals surface area contributed by atoms with Crippen molar-refractivity contribution in [3.05, 3.63) is 0 Å². The lowest BCUT2D eigenvalue weighted by Gasteiger charge is -2.34. The molecule has 0 amide bonds. The monoisotopic (exact) mass is 253 g/mol. The van der Waals surface area contributed by atoms with Crippen molar-refractivity contribution < 1.29 is 4.74 Å². The van der Waals surface area contributed by atoms with E-state index in [-0.39, 0.29) is 0 Å². The Kier molecular flexibility index (Phi) is 5.97. The minimum absolute atomic E-state index is 0.519. The lowest BCUT2D eigenvalue weighted by molar-refractivity contribution is -0.00431. The molecular weight excluding hydrogens is 222 g/mol. The molecule has 1 saturated carbocycles. The van der Waals surface area contributed by atoms with Gasteiger partial charge in [0, 0.05) is 12.6 Å². The molecule has 4 unspecified atom stereocenters. The zero-order valence-electron chi connectivity index (χ0n) is 12.3. The second-order valence-electron chi connectivity index (χ2n) is 6.43. The molecule has 2 aliphatic rings. The van der Waals surface area contributed by atoms with Gasteiger partial charge < -0.3 is 10.1 Å². The smallest absolute Gasteiger partial charge is 0.0589 e. The molecule has 1 heterocycles. The van der Waals surface area contributed by atoms with Gasteiger partial charge in [-0.05, 0) is 44.1 Å². The molecule has 2 fully saturated rings. The molecule has 106 valence electrons. The van der Waals surface area contributed by atoms with Crippen molar-refractivity contribution in [3.8, 4) is 0 Å². The van der Waals surface area contributed by atoms with Crippen LogP contribution in [0.25, 0.3) is 0 Å². The molecule has 0 radical (unpaired) electrons. The third kappa shape index (κ3) is 4.24. The molecule has 4 atom stereocenters. The quantitative estimate of drug-likeness (QED) is 0.805. The summed E-state index contributed by atoms with van der Waals surface area (Å²) in [6, 6.07) is 0.712. The van der Waals surface area contributed by atoms with Gasteiger partial charge in [-0.25, -0.2) is 0 Å². The Bertz CT molecular complexity index is 229. The van der Waals surface area contributed by atoms with E-state index in [1.165, 1.54) is 57.9 Å². The summed E-state index contributed by atoms with van der Waals surface area (Å²) in [6.07, 6.45) is 11.2. The standard InChI is InChI=1S/C16H31NO/c1-3-6-16-11-15(9-10-18-16)17-12-14-8-5-4-7-13(14)2/h13-17H,3-12H2,1-2H3. The highest BCUT2D eigenvalue weighted by Crippen LogP contribution is 2.29. The molecule has 0 aromatic rings. The normalized spacial score (nSPS) is 37.7. The zero-order valence-corrected chi connectivity index (χ0v) is 12.3. The van der Waals surface area contributed by atoms with Gasteiger partial charge >= 0.3 is 0 Å². The lowest BCUT2D eigenvalue weighted by atomic mass is 9.80. The highest BCUT2D eigenvalue weighted by molar-refractivity contribution is 4.80. The molecular formula is C16H31NO. The van der Waals surface area contributed by atoms with Crippen LogP contribution in [0, 0.1) is 11.8 Å². The molecule has 0 spiro atoms. The van der Waals surface area contributed by atoms with Crippen LogP contribution in [0.1, 0.15) is 65.2 Å². The van der Waals surface area contributed by atoms with E-state index in [0.717, 1.165) is 18.4 Å². The van der Waals surface area contributed by atoms with E-state index in [4.69, 9.17) is 4.74 Å². The Morgan fingerprint density at radius 3 is 2.78 bits per heavy atom. The second kappa shape index (κ2) is 7.49. The zero-order chi connectivity index (χ0) is 12.8. The van der Waals surface area contributed by atoms with Gasteiger partial charge in [-0.15, -0.1) is 0 Å². The molecule has 1 aliphatic carbocycles. The first-order valence-electron chi connectivity index (χ1n) is 8.14. The van der Waals surface area contributed by atoms with Crippen LogP contribution < -0.4 is 5.32 Å². The fourth-order valence-corrected chi connectivity index (χ4v) is 3.60. The summed E-state index contributed by atoms with van der Waals surface area (Å²) in [5.41, 5.74) is 0. The van der Waals surface area contributed by atoms with Crippen molar-refractivity contribution in [1.82, 2.24) is 5.32 Å². The van der Waals surface area contributed by atoms with Crippen molar-refractivity contribution in [2.45, 2.75) is 77.4 Å². The Hall–Kier alpha value is -0.0800. The highest BCUT2D eigenvalue weighted by atomic mass is 16.5. The molecule has 0 bridgehead atoms. The predicted molar refractivity (Wildman–Crippen MR) is 76.8 cm³/mol. The fraction of sp³-hybridized carbons (Fsp3) is 1.00. The minimum Gasteiger partial charge on any atom is -0.378 e. The number of ether oxygens (including phenoxy) is 1. The molecule has 18 heavy (non-hydrogen) atoms. The van der Waals surface area contributed by atoms with Crippen molar-refractivity contribution in [2.75, 3.05) is 13.2 Å². The molecule has 1 saturated heterocycles. The van der Waals surface area contributed by atoms with Crippen molar-refractivity contribution in [2.24, 2.45) is 11.8 Å². The number of nitrogens with one attached hydrogen (secondary N) is 1. The fourth-order valence-electron chi connectivity index (χ4n) is 3.60. The van der Waals surface area contributed by atoms with Crippen LogP contribution in [-0.4, -0.2) is 25.3 Å². The van der Waals surface area contributed by atoms with Crippen LogP contribution in [0.15, 0.2) is 0 Å². The second-order valence-corrected chi connectivity index (χ2v) is 6.43. The van der Waals surface area contributed by atoms with E-state index >= 15 is 0 Å². The first-order chi connectivity index (χ1) is 8.79. The Morgan fingerprint density at radius 1 is 1.17 bits per heavy atom. The van der Waals surface area contributed by atoms with E-state index < -0.39 is 0 Å². The van der Waals surface area contributed by atoms with Crippen molar-refractivity contribution in [3.63, 3.8) is 0 Å². The van der Waals surface area contributed by atoms with Crippen LogP contribution in [0.3, 0.4) is 0 Å². The van der Waals surface area contributed by atoms with Gasteiger partial charge in [0.2, 0.25) is 0 Å². The van der Waals surface area contributed by atoms with Gasteiger partial charge in [-0.2, -0.15) is 0 Å². The van der Waals surface area contributed by atoms with Gasteiger partial charge in [-0.3, -0.25) is 0 Å². The van der Waals surface area contributed by atoms with Gasteiger partial charge in [0.15, 0.2) is 0 Å². The topological polar surface area (TPSA) is 21.3 Å². The van der Waals surface area contributed by atoms with Crippen LogP contribution in [0.2, 0.25) is 0 Å². The van der Waals surface area contributed by atoms with E-state index in [9.17, 15) is 0 Å². The van der Waals surface area contributed by atoms with Gasteiger partial charge in [0.25, 0.3) is 0 Å². The van der Waals surface area contributed by atoms with E-state index in [1.54, 1.807) is 0 Å². The summed E-state index contributed by atoms with van der Waals surface area (Å²) in [5.74, 6) is 1.85. The first kappa shape index (κ1) is 14.3. The number of hydrogen-bond donors (Lipinski definition) is 1. The van der Waals surface area contributed by atoms with E-state index in [1.807, 2.05) is 0 Å². The van der Waals surface area contributed by atoms with Crippen LogP contribution in [0.4, 0.5) is 0 Å². The Balaban J connectivity index is 1.69. The summed E-state index contributed by atoms with van der Waals surface area (Å²) < 4.78 is 5.82. The maximum absolute atomic E-state index is 5.82. The average Bonchev–Trinajstić information content (AvgIpc) is 2.39. The number of rotatable bonds is 5. The average molecular weight is 253 g/mol. The van der Waals surface area contributed by atoms with Crippen LogP contribution in [0.5, 0.6) is 0 Å². The Morgan fingerprint density at radius 2 is 2.00 bits per heavy atom. The predicted octanol–water partition coefficient (Wildman–Crippen LogP) is 3.75. The van der Waals surface area contributed by atoms with Crippen LogP contribution >= 0.6 is 0 Å². The van der Waals surface area contributed by atoms with E-state index in [0.29, 0.717) is 12.1 Å². The largest absolute Gasteiger partial charge is 0.378 e. The molecule has 2 heteroatoms. The molecule has 0 aromatic heterocycles. The van der Waals surface area contributed by atoms with Gasteiger partial charge in [0.05, 0.1) is 6.10 Å². The third-order valence-corrected chi connectivity index (χ3v) is 4.94. The highest BCUT2D eigenvalue weighted by Gasteiger charge is 2.25. The summed E-state index contributed by atoms with van der Waals surface area (Å²) in [5, 5.41) is 3.83. The Labute approximate surface area is 113 Å². The van der Waals surface area contributed by atoms with E-state index in [2.05, 4.69) is 19.2 Å². The summed E-state index contributed by atoms with van der Waals surface area (Å²) in [4.78, 5) is 0. The maximum atomic E-state index is 5.82. The SMILES string of the molecule is CCCC1CC(NCC2CCCCC2C)CCO1. The number of hydrogen-bond acceptors (Lipinski definition) is 2. The third-order valence-electron chi connectivity index (χ3n) is 4.94. The lowest BCUT2D eigenvalue weighted by Crippen LogP contribution is -2.42. The molecule has 2 rings (SSSR count). The van der Waals surface area contributed by atoms with Gasteiger partial charge in [0.1, 0.15) is 0 Å². The van der Waals surface area contributed by atoms with Gasteiger partial charge in [-0.1, -0.05) is 39.5 Å². The summed E-state index contributed by atoms with van der Waals surface area (Å²) >= 11 is 0. The van der Waals surface area contributed by atoms with Crippen LogP contribution in [-0.2, 0) is 4.74 Å². The molecule has 0 aromatic carbocycles. The van der Waals surface area contributed by atoms with Crippen molar-refractivity contribution in [1.29, 1.82) is 0 Å². The molecule has 2 nitrogen and oxygen atoms in total. The molecule has 1 N–H and O–H groups in total.